The minimum absolute atomic E-state index is 0.832. The van der Waals surface area contributed by atoms with Crippen molar-refractivity contribution in [2.75, 3.05) is 12.0 Å². The van der Waals surface area contributed by atoms with Gasteiger partial charge < -0.3 is 9.64 Å². The second kappa shape index (κ2) is 12.9. The quantitative estimate of drug-likeness (QED) is 0.185. The number of rotatable bonds is 9. The number of benzene rings is 5. The minimum atomic E-state index is 0.832. The molecular weight excluding hydrogens is 474 g/mol. The van der Waals surface area contributed by atoms with Crippen LogP contribution in [0.15, 0.2) is 158 Å². The summed E-state index contributed by atoms with van der Waals surface area (Å²) in [7, 11) is 1.69. The minimum Gasteiger partial charge on any atom is -0.497 e. The highest BCUT2D eigenvalue weighted by Gasteiger charge is 2.12. The van der Waals surface area contributed by atoms with E-state index in [1.54, 1.807) is 7.11 Å². The van der Waals surface area contributed by atoms with Gasteiger partial charge in [-0.3, -0.25) is 0 Å². The smallest absolute Gasteiger partial charge is 0.119 e. The molecule has 0 aliphatic carbocycles. The molecule has 5 rings (SSSR count). The number of allylic oxidation sites excluding steroid dienone is 2. The summed E-state index contributed by atoms with van der Waals surface area (Å²) in [5, 5.41) is 0. The molecular formula is C37H31NO. The lowest BCUT2D eigenvalue weighted by atomic mass is 9.98. The van der Waals surface area contributed by atoms with E-state index >= 15 is 0 Å². The molecule has 0 aliphatic heterocycles. The number of methoxy groups -OCH3 is 1. The molecule has 0 spiro atoms. The van der Waals surface area contributed by atoms with Crippen molar-refractivity contribution in [3.8, 4) is 5.75 Å². The molecule has 190 valence electrons. The van der Waals surface area contributed by atoms with Gasteiger partial charge in [-0.25, -0.2) is 0 Å². The Bertz CT molecular complexity index is 1490. The van der Waals surface area contributed by atoms with Crippen LogP contribution in [0.5, 0.6) is 5.75 Å². The molecule has 2 heteroatoms. The third-order valence-electron chi connectivity index (χ3n) is 6.44. The predicted octanol–water partition coefficient (Wildman–Crippen LogP) is 9.65. The summed E-state index contributed by atoms with van der Waals surface area (Å²) >= 11 is 0. The molecule has 0 radical (unpaired) electrons. The Morgan fingerprint density at radius 3 is 1.44 bits per heavy atom. The van der Waals surface area contributed by atoms with Crippen molar-refractivity contribution in [1.29, 1.82) is 0 Å². The van der Waals surface area contributed by atoms with Crippen molar-refractivity contribution >= 4 is 29.1 Å². The number of hydrogen-bond donors (Lipinski definition) is 0. The topological polar surface area (TPSA) is 12.5 Å². The van der Waals surface area contributed by atoms with Crippen LogP contribution in [0.1, 0.15) is 22.3 Å². The lowest BCUT2D eigenvalue weighted by molar-refractivity contribution is 0.415. The third kappa shape index (κ3) is 6.82. The second-order valence-corrected chi connectivity index (χ2v) is 9.06. The average Bonchev–Trinajstić information content (AvgIpc) is 3.02. The molecule has 0 unspecified atom stereocenters. The summed E-state index contributed by atoms with van der Waals surface area (Å²) < 4.78 is 5.42. The highest BCUT2D eigenvalue weighted by Crippen LogP contribution is 2.32. The average molecular weight is 506 g/mol. The van der Waals surface area contributed by atoms with E-state index < -0.39 is 0 Å². The second-order valence-electron chi connectivity index (χ2n) is 9.06. The Morgan fingerprint density at radius 2 is 0.949 bits per heavy atom. The van der Waals surface area contributed by atoms with Crippen LogP contribution in [0.3, 0.4) is 0 Å². The number of nitrogens with zero attached hydrogens (tertiary/aromatic N) is 1. The summed E-state index contributed by atoms with van der Waals surface area (Å²) in [4.78, 5) is 2.23. The summed E-state index contributed by atoms with van der Waals surface area (Å²) in [6.07, 6.45) is 10.6. The number of anilines is 2. The maximum Gasteiger partial charge on any atom is 0.119 e. The maximum atomic E-state index is 5.42. The van der Waals surface area contributed by atoms with Gasteiger partial charge in [-0.15, -0.1) is 0 Å². The van der Waals surface area contributed by atoms with Crippen molar-refractivity contribution in [2.24, 2.45) is 0 Å². The first kappa shape index (κ1) is 25.6. The fraction of sp³-hybridized carbons (Fsp3) is 0.0270. The van der Waals surface area contributed by atoms with Crippen LogP contribution in [-0.4, -0.2) is 7.11 Å². The molecule has 0 N–H and O–H groups in total. The maximum absolute atomic E-state index is 5.42. The zero-order valence-electron chi connectivity index (χ0n) is 22.0. The Kier molecular flexibility index (Phi) is 8.48. The number of hydrogen-bond acceptors (Lipinski definition) is 2. The van der Waals surface area contributed by atoms with E-state index in [1.165, 1.54) is 5.56 Å². The fourth-order valence-corrected chi connectivity index (χ4v) is 4.36. The Labute approximate surface area is 231 Å². The molecule has 0 saturated carbocycles. The third-order valence-corrected chi connectivity index (χ3v) is 6.44. The van der Waals surface area contributed by atoms with Gasteiger partial charge in [-0.05, 0) is 58.7 Å². The van der Waals surface area contributed by atoms with Gasteiger partial charge in [0.15, 0.2) is 0 Å². The van der Waals surface area contributed by atoms with Gasteiger partial charge in [0.2, 0.25) is 0 Å². The summed E-state index contributed by atoms with van der Waals surface area (Å²) in [6, 6.07) is 48.2. The van der Waals surface area contributed by atoms with Gasteiger partial charge in [0, 0.05) is 23.1 Å². The van der Waals surface area contributed by atoms with E-state index in [9.17, 15) is 0 Å². The van der Waals surface area contributed by atoms with Gasteiger partial charge >= 0.3 is 0 Å². The van der Waals surface area contributed by atoms with E-state index in [1.807, 2.05) is 30.3 Å². The van der Waals surface area contributed by atoms with E-state index in [-0.39, 0.29) is 0 Å². The van der Waals surface area contributed by atoms with E-state index in [4.69, 9.17) is 4.74 Å². The highest BCUT2D eigenvalue weighted by molar-refractivity contribution is 5.84. The lowest BCUT2D eigenvalue weighted by Crippen LogP contribution is -2.10. The van der Waals surface area contributed by atoms with E-state index in [0.29, 0.717) is 0 Å². The molecule has 0 aliphatic rings. The van der Waals surface area contributed by atoms with Crippen LogP contribution >= 0.6 is 0 Å². The van der Waals surface area contributed by atoms with Crippen molar-refractivity contribution in [2.45, 2.75) is 0 Å². The van der Waals surface area contributed by atoms with Gasteiger partial charge in [0.25, 0.3) is 0 Å². The van der Waals surface area contributed by atoms with Gasteiger partial charge in [0.05, 0.1) is 7.11 Å². The van der Waals surface area contributed by atoms with Crippen LogP contribution in [0.4, 0.5) is 11.4 Å². The first-order valence-electron chi connectivity index (χ1n) is 13.1. The molecule has 0 aromatic heterocycles. The molecule has 5 aromatic rings. The molecule has 0 bridgehead atoms. The molecule has 2 nitrogen and oxygen atoms in total. The molecule has 0 atom stereocenters. The van der Waals surface area contributed by atoms with Crippen molar-refractivity contribution in [3.63, 3.8) is 0 Å². The normalized spacial score (nSPS) is 11.0. The molecule has 0 amide bonds. The standard InChI is InChI=1S/C37H31NO/c1-39-36-27-25-35(26-28-36)38(29-37(32-17-7-3-8-18-32)33-19-9-4-10-20-33)34-23-21-31(22-24-34)16-12-11-15-30-13-5-2-6-14-30/h2-29H,1H3/b15-11+,16-12+. The SMILES string of the molecule is COc1ccc(N(C=C(c2ccccc2)c2ccccc2)c2ccc(/C=C/C=C/c3ccccc3)cc2)cc1. The van der Waals surface area contributed by atoms with E-state index in [2.05, 4.69) is 145 Å². The van der Waals surface area contributed by atoms with Crippen molar-refractivity contribution < 1.29 is 4.74 Å². The lowest BCUT2D eigenvalue weighted by Gasteiger charge is -2.24. The van der Waals surface area contributed by atoms with Crippen LogP contribution in [0, 0.1) is 0 Å². The van der Waals surface area contributed by atoms with Crippen LogP contribution in [0.25, 0.3) is 17.7 Å². The zero-order chi connectivity index (χ0) is 26.7. The van der Waals surface area contributed by atoms with Gasteiger partial charge in [-0.1, -0.05) is 127 Å². The van der Waals surface area contributed by atoms with Gasteiger partial charge in [-0.2, -0.15) is 0 Å². The molecule has 5 aromatic carbocycles. The van der Waals surface area contributed by atoms with Gasteiger partial charge in [0.1, 0.15) is 5.75 Å². The molecule has 0 heterocycles. The summed E-state index contributed by atoms with van der Waals surface area (Å²) in [5.41, 5.74) is 7.91. The molecule has 0 saturated heterocycles. The Balaban J connectivity index is 1.50. The van der Waals surface area contributed by atoms with Crippen LogP contribution in [-0.2, 0) is 0 Å². The molecule has 39 heavy (non-hydrogen) atoms. The number of ether oxygens (including phenoxy) is 1. The largest absolute Gasteiger partial charge is 0.497 e. The highest BCUT2D eigenvalue weighted by atomic mass is 16.5. The monoisotopic (exact) mass is 505 g/mol. The summed E-state index contributed by atoms with van der Waals surface area (Å²) in [5.74, 6) is 0.832. The Morgan fingerprint density at radius 1 is 0.513 bits per heavy atom. The zero-order valence-corrected chi connectivity index (χ0v) is 22.0. The summed E-state index contributed by atoms with van der Waals surface area (Å²) in [6.45, 7) is 0. The first-order valence-corrected chi connectivity index (χ1v) is 13.1. The fourth-order valence-electron chi connectivity index (χ4n) is 4.36. The molecule has 0 fully saturated rings. The van der Waals surface area contributed by atoms with Crippen molar-refractivity contribution in [1.82, 2.24) is 0 Å². The Hall–Kier alpha value is -5.08. The van der Waals surface area contributed by atoms with Crippen LogP contribution < -0.4 is 9.64 Å². The first-order chi connectivity index (χ1) is 19.3. The van der Waals surface area contributed by atoms with E-state index in [0.717, 1.165) is 39.4 Å². The predicted molar refractivity (Wildman–Crippen MR) is 166 cm³/mol. The van der Waals surface area contributed by atoms with Crippen LogP contribution in [0.2, 0.25) is 0 Å². The van der Waals surface area contributed by atoms with Crippen molar-refractivity contribution in [3.05, 3.63) is 180 Å².